The lowest BCUT2D eigenvalue weighted by Crippen LogP contribution is -2.23. The number of esters is 1. The third-order valence-corrected chi connectivity index (χ3v) is 3.95. The first kappa shape index (κ1) is 21.0. The summed E-state index contributed by atoms with van der Waals surface area (Å²) < 4.78 is 21.0. The minimum Gasteiger partial charge on any atom is -0.497 e. The van der Waals surface area contributed by atoms with Gasteiger partial charge in [-0.15, -0.1) is 0 Å². The van der Waals surface area contributed by atoms with Gasteiger partial charge in [-0.3, -0.25) is 4.79 Å². The molecule has 0 unspecified atom stereocenters. The Morgan fingerprint density at radius 1 is 1.00 bits per heavy atom. The first-order valence-electron chi connectivity index (χ1n) is 8.86. The average Bonchev–Trinajstić information content (AvgIpc) is 2.72. The van der Waals surface area contributed by atoms with Crippen LogP contribution in [0.5, 0.6) is 17.2 Å². The summed E-state index contributed by atoms with van der Waals surface area (Å²) in [6, 6.07) is 11.9. The molecule has 1 atom stereocenters. The third-order valence-electron chi connectivity index (χ3n) is 3.95. The fraction of sp³-hybridized carbons (Fsp3) is 0.273. The average molecular weight is 384 g/mol. The molecule has 0 fully saturated rings. The molecule has 0 aromatic heterocycles. The van der Waals surface area contributed by atoms with Crippen LogP contribution in [0.4, 0.5) is 0 Å². The van der Waals surface area contributed by atoms with Gasteiger partial charge in [-0.1, -0.05) is 0 Å². The van der Waals surface area contributed by atoms with E-state index in [-0.39, 0.29) is 5.78 Å². The summed E-state index contributed by atoms with van der Waals surface area (Å²) in [5, 5.41) is 0. The van der Waals surface area contributed by atoms with Crippen molar-refractivity contribution in [2.75, 3.05) is 20.8 Å². The van der Waals surface area contributed by atoms with Crippen molar-refractivity contribution in [2.24, 2.45) is 0 Å². The lowest BCUT2D eigenvalue weighted by Gasteiger charge is -2.11. The summed E-state index contributed by atoms with van der Waals surface area (Å²) in [7, 11) is 3.09. The SMILES string of the molecule is CCOc1ccc(C(=O)[C@@H](C)OC(=O)/C=C/c2ccc(OC)cc2OC)cc1. The van der Waals surface area contributed by atoms with Gasteiger partial charge in [0, 0.05) is 23.3 Å². The molecule has 0 heterocycles. The lowest BCUT2D eigenvalue weighted by molar-refractivity contribution is -0.140. The van der Waals surface area contributed by atoms with Crippen LogP contribution in [0.25, 0.3) is 6.08 Å². The zero-order valence-electron chi connectivity index (χ0n) is 16.4. The van der Waals surface area contributed by atoms with Gasteiger partial charge in [0.05, 0.1) is 20.8 Å². The largest absolute Gasteiger partial charge is 0.497 e. The maximum atomic E-state index is 12.4. The second kappa shape index (κ2) is 10.2. The second-order valence-electron chi connectivity index (χ2n) is 5.84. The van der Waals surface area contributed by atoms with E-state index in [0.717, 1.165) is 0 Å². The summed E-state index contributed by atoms with van der Waals surface area (Å²) in [4.78, 5) is 24.5. The molecule has 148 valence electrons. The van der Waals surface area contributed by atoms with Crippen molar-refractivity contribution in [2.45, 2.75) is 20.0 Å². The van der Waals surface area contributed by atoms with Gasteiger partial charge in [0.15, 0.2) is 6.10 Å². The Balaban J connectivity index is 2.00. The molecule has 0 radical (unpaired) electrons. The first-order chi connectivity index (χ1) is 13.5. The summed E-state index contributed by atoms with van der Waals surface area (Å²) in [6.07, 6.45) is 1.91. The number of hydrogen-bond donors (Lipinski definition) is 0. The van der Waals surface area contributed by atoms with Crippen LogP contribution in [-0.4, -0.2) is 38.7 Å². The van der Waals surface area contributed by atoms with Gasteiger partial charge in [-0.25, -0.2) is 4.79 Å². The molecule has 0 amide bonds. The van der Waals surface area contributed by atoms with E-state index in [1.807, 2.05) is 6.92 Å². The normalized spacial score (nSPS) is 11.7. The molecule has 0 aliphatic carbocycles. The standard InChI is InChI=1S/C22H24O6/c1-5-27-18-10-7-17(8-11-18)22(24)15(2)28-21(23)13-9-16-6-12-19(25-3)14-20(16)26-4/h6-15H,5H2,1-4H3/b13-9+/t15-/m1/s1. The maximum absolute atomic E-state index is 12.4. The van der Waals surface area contributed by atoms with Gasteiger partial charge in [0.1, 0.15) is 17.2 Å². The predicted octanol–water partition coefficient (Wildman–Crippen LogP) is 3.93. The number of benzene rings is 2. The number of carbonyl (C=O) groups is 2. The molecule has 0 spiro atoms. The second-order valence-corrected chi connectivity index (χ2v) is 5.84. The maximum Gasteiger partial charge on any atom is 0.331 e. The van der Waals surface area contributed by atoms with Crippen molar-refractivity contribution in [3.05, 3.63) is 59.7 Å². The molecule has 2 rings (SSSR count). The van der Waals surface area contributed by atoms with Crippen molar-refractivity contribution in [3.63, 3.8) is 0 Å². The molecule has 0 bridgehead atoms. The number of ether oxygens (including phenoxy) is 4. The highest BCUT2D eigenvalue weighted by atomic mass is 16.5. The third kappa shape index (κ3) is 5.61. The summed E-state index contributed by atoms with van der Waals surface area (Å²) in [5.41, 5.74) is 1.13. The highest BCUT2D eigenvalue weighted by Gasteiger charge is 2.18. The van der Waals surface area contributed by atoms with Crippen LogP contribution in [0.2, 0.25) is 0 Å². The predicted molar refractivity (Wildman–Crippen MR) is 106 cm³/mol. The van der Waals surface area contributed by atoms with Crippen LogP contribution in [-0.2, 0) is 9.53 Å². The molecule has 28 heavy (non-hydrogen) atoms. The van der Waals surface area contributed by atoms with E-state index in [9.17, 15) is 9.59 Å². The Morgan fingerprint density at radius 2 is 1.68 bits per heavy atom. The molecule has 0 saturated carbocycles. The van der Waals surface area contributed by atoms with E-state index < -0.39 is 12.1 Å². The number of rotatable bonds is 9. The summed E-state index contributed by atoms with van der Waals surface area (Å²) >= 11 is 0. The lowest BCUT2D eigenvalue weighted by atomic mass is 10.1. The Labute approximate surface area is 164 Å². The van der Waals surface area contributed by atoms with Crippen LogP contribution in [0.1, 0.15) is 29.8 Å². The van der Waals surface area contributed by atoms with Crippen molar-refractivity contribution in [1.29, 1.82) is 0 Å². The van der Waals surface area contributed by atoms with Crippen molar-refractivity contribution >= 4 is 17.8 Å². The van der Waals surface area contributed by atoms with Gasteiger partial charge in [-0.2, -0.15) is 0 Å². The van der Waals surface area contributed by atoms with Gasteiger partial charge >= 0.3 is 5.97 Å². The monoisotopic (exact) mass is 384 g/mol. The molecular weight excluding hydrogens is 360 g/mol. The topological polar surface area (TPSA) is 71.1 Å². The van der Waals surface area contributed by atoms with Gasteiger partial charge in [0.2, 0.25) is 5.78 Å². The quantitative estimate of drug-likeness (QED) is 0.371. The van der Waals surface area contributed by atoms with E-state index in [1.54, 1.807) is 62.6 Å². The summed E-state index contributed by atoms with van der Waals surface area (Å²) in [6.45, 7) is 3.97. The molecule has 0 N–H and O–H groups in total. The van der Waals surface area contributed by atoms with Crippen LogP contribution in [0.3, 0.4) is 0 Å². The number of hydrogen-bond acceptors (Lipinski definition) is 6. The van der Waals surface area contributed by atoms with E-state index in [2.05, 4.69) is 0 Å². The molecule has 0 aliphatic rings. The fourth-order valence-corrected chi connectivity index (χ4v) is 2.50. The van der Waals surface area contributed by atoms with Gasteiger partial charge in [0.25, 0.3) is 0 Å². The number of Topliss-reactive ketones (excluding diaryl/α,β-unsaturated/α-hetero) is 1. The first-order valence-corrected chi connectivity index (χ1v) is 8.86. The van der Waals surface area contributed by atoms with E-state index in [4.69, 9.17) is 18.9 Å². The Bertz CT molecular complexity index is 839. The van der Waals surface area contributed by atoms with Gasteiger partial charge in [-0.05, 0) is 56.3 Å². The highest BCUT2D eigenvalue weighted by molar-refractivity contribution is 6.01. The molecule has 6 heteroatoms. The fourth-order valence-electron chi connectivity index (χ4n) is 2.50. The van der Waals surface area contributed by atoms with E-state index in [1.165, 1.54) is 13.2 Å². The Morgan fingerprint density at radius 3 is 2.29 bits per heavy atom. The Hall–Kier alpha value is -3.28. The number of carbonyl (C=O) groups excluding carboxylic acids is 2. The van der Waals surface area contributed by atoms with E-state index in [0.29, 0.717) is 35.0 Å². The van der Waals surface area contributed by atoms with Crippen LogP contribution in [0.15, 0.2) is 48.5 Å². The zero-order chi connectivity index (χ0) is 20.5. The van der Waals surface area contributed by atoms with E-state index >= 15 is 0 Å². The molecule has 6 nitrogen and oxygen atoms in total. The smallest absolute Gasteiger partial charge is 0.331 e. The Kier molecular flexibility index (Phi) is 7.63. The van der Waals surface area contributed by atoms with Crippen LogP contribution < -0.4 is 14.2 Å². The van der Waals surface area contributed by atoms with Crippen LogP contribution >= 0.6 is 0 Å². The van der Waals surface area contributed by atoms with Crippen LogP contribution in [0, 0.1) is 0 Å². The van der Waals surface area contributed by atoms with Crippen molar-refractivity contribution < 1.29 is 28.5 Å². The highest BCUT2D eigenvalue weighted by Crippen LogP contribution is 2.25. The molecule has 0 aliphatic heterocycles. The molecule has 0 saturated heterocycles. The number of methoxy groups -OCH3 is 2. The van der Waals surface area contributed by atoms with Gasteiger partial charge < -0.3 is 18.9 Å². The summed E-state index contributed by atoms with van der Waals surface area (Å²) in [5.74, 6) is 0.976. The molecular formula is C22H24O6. The molecule has 2 aromatic rings. The molecule has 2 aromatic carbocycles. The van der Waals surface area contributed by atoms with Crippen molar-refractivity contribution in [3.8, 4) is 17.2 Å². The van der Waals surface area contributed by atoms with Crippen molar-refractivity contribution in [1.82, 2.24) is 0 Å². The minimum atomic E-state index is -0.909. The minimum absolute atomic E-state index is 0.285. The zero-order valence-corrected chi connectivity index (χ0v) is 16.4. The number of ketones is 1.